The van der Waals surface area contributed by atoms with E-state index in [1.54, 1.807) is 0 Å². The van der Waals surface area contributed by atoms with E-state index in [4.69, 9.17) is 18.6 Å². The van der Waals surface area contributed by atoms with Crippen molar-refractivity contribution in [3.05, 3.63) is 24.0 Å². The number of aromatic nitrogens is 1. The van der Waals surface area contributed by atoms with E-state index in [0.29, 0.717) is 6.21 Å². The van der Waals surface area contributed by atoms with Gasteiger partial charge in [0.15, 0.2) is 0 Å². The van der Waals surface area contributed by atoms with Crippen molar-refractivity contribution < 1.29 is 69.7 Å². The molecule has 0 aliphatic carbocycles. The molecule has 0 fully saturated rings. The molecule has 0 aliphatic rings. The molecule has 2 nitrogen and oxygen atoms in total. The second-order valence-electron chi connectivity index (χ2n) is 5.49. The molecule has 0 saturated carbocycles. The zero-order chi connectivity index (χ0) is 24.2. The summed E-state index contributed by atoms with van der Waals surface area (Å²) in [6.07, 6.45) is 1.50. The number of hydrogen-bond donors (Lipinski definition) is 0. The predicted octanol–water partition coefficient (Wildman–Crippen LogP) is 6.27. The van der Waals surface area contributed by atoms with Crippen LogP contribution in [0.1, 0.15) is 12.6 Å². The third-order valence-electron chi connectivity index (χ3n) is 3.28. The molecule has 17 heteroatoms. The Morgan fingerprint density at radius 3 is 1.67 bits per heavy atom. The maximum absolute atomic E-state index is 13.4. The fraction of sp³-hybridized carbons (Fsp3) is 0.615. The number of aliphatic imine (C=N–C) groups is 1. The van der Waals surface area contributed by atoms with Gasteiger partial charge in [-0.15, -0.1) is 5.69 Å². The van der Waals surface area contributed by atoms with E-state index in [-0.39, 0.29) is 5.69 Å². The average molecular weight is 540 g/mol. The second kappa shape index (κ2) is 9.91. The Labute approximate surface area is 177 Å². The van der Waals surface area contributed by atoms with Gasteiger partial charge in [0.25, 0.3) is 0 Å². The van der Waals surface area contributed by atoms with Crippen LogP contribution in [0.4, 0.5) is 52.7 Å². The van der Waals surface area contributed by atoms with E-state index in [9.17, 15) is 52.7 Å². The van der Waals surface area contributed by atoms with E-state index in [1.165, 1.54) is 6.07 Å². The SMILES string of the molecule is CC(F)(F)C(F)(F)C(F)(F)C(F)(F)C(F)(F)C(F)(F)CN=Cc1ccc[n-]1.[Cl][Ti][Cl]. The first-order chi connectivity index (χ1) is 13.2. The molecule has 1 rings (SSSR count). The van der Waals surface area contributed by atoms with Crippen LogP contribution in [0.2, 0.25) is 0 Å². The number of halogens is 14. The van der Waals surface area contributed by atoms with Gasteiger partial charge in [-0.2, -0.15) is 58.9 Å². The molecule has 0 unspecified atom stereocenters. The van der Waals surface area contributed by atoms with Crippen molar-refractivity contribution in [2.75, 3.05) is 6.54 Å². The fourth-order valence-corrected chi connectivity index (χ4v) is 1.64. The monoisotopic (exact) mass is 539 g/mol. The van der Waals surface area contributed by atoms with Crippen molar-refractivity contribution in [3.63, 3.8) is 0 Å². The predicted molar refractivity (Wildman–Crippen MR) is 79.3 cm³/mol. The van der Waals surface area contributed by atoms with Gasteiger partial charge >= 0.3 is 71.2 Å². The molecule has 0 spiro atoms. The molecule has 30 heavy (non-hydrogen) atoms. The molecule has 1 aromatic heterocycles. The quantitative estimate of drug-likeness (QED) is 0.217. The summed E-state index contributed by atoms with van der Waals surface area (Å²) in [6, 6.07) is 2.36. The zero-order valence-electron chi connectivity index (χ0n) is 14.2. The molecular weight excluding hydrogens is 531 g/mol. The van der Waals surface area contributed by atoms with Gasteiger partial charge < -0.3 is 4.98 Å². The van der Waals surface area contributed by atoms with E-state index < -0.39 is 66.0 Å². The number of hydrogen-bond acceptors (Lipinski definition) is 1. The van der Waals surface area contributed by atoms with Crippen LogP contribution >= 0.6 is 18.6 Å². The van der Waals surface area contributed by atoms with Crippen LogP contribution in [-0.4, -0.2) is 48.3 Å². The summed E-state index contributed by atoms with van der Waals surface area (Å²) >= 11 is -0.556. The Bertz CT molecular complexity index is 689. The van der Waals surface area contributed by atoms with Crippen molar-refractivity contribution in [2.45, 2.75) is 42.5 Å². The number of nitrogens with zero attached hydrogens (tertiary/aromatic N) is 2. The first-order valence-corrected chi connectivity index (χ1v) is 11.3. The van der Waals surface area contributed by atoms with Gasteiger partial charge in [-0.05, 0) is 0 Å². The Hall–Kier alpha value is -0.596. The van der Waals surface area contributed by atoms with Gasteiger partial charge in [0.05, 0.1) is 0 Å². The molecule has 0 aliphatic heterocycles. The minimum absolute atomic E-state index is 0.191. The van der Waals surface area contributed by atoms with Gasteiger partial charge in [0, 0.05) is 13.1 Å². The van der Waals surface area contributed by atoms with Gasteiger partial charge in [-0.1, -0.05) is 12.1 Å². The first kappa shape index (κ1) is 29.4. The van der Waals surface area contributed by atoms with Crippen LogP contribution < -0.4 is 4.98 Å². The first-order valence-electron chi connectivity index (χ1n) is 7.05. The summed E-state index contributed by atoms with van der Waals surface area (Å²) in [7, 11) is 9.78. The Balaban J connectivity index is 0.00000263. The normalized spacial score (nSPS) is 14.5. The molecule has 0 aromatic carbocycles. The van der Waals surface area contributed by atoms with Crippen LogP contribution in [0.3, 0.4) is 0 Å². The topological polar surface area (TPSA) is 26.5 Å². The summed E-state index contributed by atoms with van der Waals surface area (Å²) in [5, 5.41) is 0. The van der Waals surface area contributed by atoms with Gasteiger partial charge in [-0.25, -0.2) is 0 Å². The second-order valence-corrected chi connectivity index (χ2v) is 8.07. The fourth-order valence-electron chi connectivity index (χ4n) is 1.64. The van der Waals surface area contributed by atoms with Crippen LogP contribution in [0.5, 0.6) is 0 Å². The summed E-state index contributed by atoms with van der Waals surface area (Å²) in [5.41, 5.74) is -0.191. The molecule has 0 saturated heterocycles. The van der Waals surface area contributed by atoms with E-state index in [0.717, 1.165) is 12.3 Å². The van der Waals surface area contributed by atoms with Crippen molar-refractivity contribution in [1.82, 2.24) is 4.98 Å². The third-order valence-corrected chi connectivity index (χ3v) is 3.28. The zero-order valence-corrected chi connectivity index (χ0v) is 17.3. The van der Waals surface area contributed by atoms with Crippen LogP contribution in [-0.2, 0) is 17.0 Å². The van der Waals surface area contributed by atoms with E-state index in [2.05, 4.69) is 9.98 Å². The molecule has 0 radical (unpaired) electrons. The Morgan fingerprint density at radius 2 is 1.30 bits per heavy atom. The van der Waals surface area contributed by atoms with E-state index >= 15 is 0 Å². The molecular formula is C13H9Cl2F12N2Ti-. The number of alkyl halides is 12. The van der Waals surface area contributed by atoms with Gasteiger partial charge in [-0.3, -0.25) is 4.99 Å². The van der Waals surface area contributed by atoms with E-state index in [1.807, 2.05) is 0 Å². The van der Waals surface area contributed by atoms with Gasteiger partial charge in [0.2, 0.25) is 0 Å². The minimum atomic E-state index is -7.56. The summed E-state index contributed by atoms with van der Waals surface area (Å²) in [4.78, 5) is 6.04. The molecule has 1 aromatic rings. The molecule has 0 bridgehead atoms. The van der Waals surface area contributed by atoms with Crippen LogP contribution in [0.25, 0.3) is 0 Å². The average Bonchev–Trinajstić information content (AvgIpc) is 3.07. The Morgan fingerprint density at radius 1 is 0.867 bits per heavy atom. The van der Waals surface area contributed by atoms with Crippen molar-refractivity contribution >= 4 is 24.8 Å². The van der Waals surface area contributed by atoms with Crippen LogP contribution in [0.15, 0.2) is 23.3 Å². The van der Waals surface area contributed by atoms with Crippen molar-refractivity contribution in [3.8, 4) is 0 Å². The maximum atomic E-state index is 13.4. The Kier molecular flexibility index (Phi) is 9.71. The summed E-state index contributed by atoms with van der Waals surface area (Å²) in [5.74, 6) is -41.3. The molecule has 0 atom stereocenters. The summed E-state index contributed by atoms with van der Waals surface area (Å²) in [6.45, 7) is -3.49. The molecule has 1 heterocycles. The van der Waals surface area contributed by atoms with Crippen molar-refractivity contribution in [1.29, 1.82) is 0 Å². The van der Waals surface area contributed by atoms with Crippen molar-refractivity contribution in [2.24, 2.45) is 4.99 Å². The summed E-state index contributed by atoms with van der Waals surface area (Å²) < 4.78 is 158. The van der Waals surface area contributed by atoms with Crippen LogP contribution in [0, 0.1) is 0 Å². The standard InChI is InChI=1S/C13H9F12N2.2ClH.Ti/c1-8(14,15)10(18,19)12(22,23)13(24,25)11(20,21)9(16,17)6-26-5-7-3-2-4-27-7;;;/h2-5H,6H2,1H3;2*1H;/q-1;;;+2/p-2. The molecule has 0 amide bonds. The third kappa shape index (κ3) is 5.60. The molecule has 174 valence electrons. The molecule has 0 N–H and O–H groups in total. The van der Waals surface area contributed by atoms with Gasteiger partial charge in [0.1, 0.15) is 6.54 Å². The number of rotatable bonds is 8.